The lowest BCUT2D eigenvalue weighted by Gasteiger charge is -2.03. The lowest BCUT2D eigenvalue weighted by molar-refractivity contribution is -0.387. The number of nitro groups is 1. The summed E-state index contributed by atoms with van der Waals surface area (Å²) in [5.41, 5.74) is -1.72. The number of nitro benzene ring substituents is 1. The van der Waals surface area contributed by atoms with Crippen molar-refractivity contribution in [3.05, 3.63) is 50.0 Å². The second kappa shape index (κ2) is 5.08. The van der Waals surface area contributed by atoms with Crippen molar-refractivity contribution in [1.82, 2.24) is 4.98 Å². The highest BCUT2D eigenvalue weighted by atomic mass is 19.1. The van der Waals surface area contributed by atoms with Crippen molar-refractivity contribution in [2.45, 2.75) is 6.92 Å². The van der Waals surface area contributed by atoms with E-state index in [1.807, 2.05) is 0 Å². The van der Waals surface area contributed by atoms with Crippen molar-refractivity contribution in [3.63, 3.8) is 0 Å². The van der Waals surface area contributed by atoms with Crippen LogP contribution in [-0.4, -0.2) is 22.5 Å². The van der Waals surface area contributed by atoms with Gasteiger partial charge in [-0.15, -0.1) is 0 Å². The molecule has 104 valence electrons. The van der Waals surface area contributed by atoms with Crippen molar-refractivity contribution in [2.75, 3.05) is 6.61 Å². The summed E-state index contributed by atoms with van der Waals surface area (Å²) in [5.74, 6) is -1.89. The average Bonchev–Trinajstić information content (AvgIpc) is 2.37. The Morgan fingerprint density at radius 3 is 2.75 bits per heavy atom. The number of pyridine rings is 1. The number of carbonyl (C=O) groups is 1. The number of aromatic nitrogens is 1. The summed E-state index contributed by atoms with van der Waals surface area (Å²) < 4.78 is 18.2. The highest BCUT2D eigenvalue weighted by Crippen LogP contribution is 2.23. The van der Waals surface area contributed by atoms with Gasteiger partial charge in [-0.2, -0.15) is 4.39 Å². The third-order valence-electron chi connectivity index (χ3n) is 2.60. The first-order valence-corrected chi connectivity index (χ1v) is 5.62. The van der Waals surface area contributed by atoms with Gasteiger partial charge in [-0.25, -0.2) is 4.79 Å². The average molecular weight is 280 g/mol. The first-order chi connectivity index (χ1) is 9.43. The Labute approximate surface area is 111 Å². The zero-order chi connectivity index (χ0) is 14.9. The lowest BCUT2D eigenvalue weighted by Crippen LogP contribution is -2.19. The fraction of sp³-hybridized carbons (Fsp3) is 0.167. The molecule has 0 atom stereocenters. The molecule has 8 heteroatoms. The van der Waals surface area contributed by atoms with E-state index in [0.717, 1.165) is 18.2 Å². The quantitative estimate of drug-likeness (QED) is 0.524. The maximum Gasteiger partial charge on any atom is 0.343 e. The number of hydrogen-bond acceptors (Lipinski definition) is 5. The molecule has 7 nitrogen and oxygen atoms in total. The number of ether oxygens (including phenoxy) is 1. The van der Waals surface area contributed by atoms with Crippen LogP contribution in [0.25, 0.3) is 10.9 Å². The minimum atomic E-state index is -1.05. The van der Waals surface area contributed by atoms with Gasteiger partial charge in [-0.05, 0) is 19.1 Å². The summed E-state index contributed by atoms with van der Waals surface area (Å²) in [7, 11) is 0. The van der Waals surface area contributed by atoms with Crippen molar-refractivity contribution >= 4 is 22.6 Å². The van der Waals surface area contributed by atoms with Crippen LogP contribution in [0.5, 0.6) is 0 Å². The molecule has 2 rings (SSSR count). The number of hydrogen-bond donors (Lipinski definition) is 1. The van der Waals surface area contributed by atoms with E-state index >= 15 is 0 Å². The summed E-state index contributed by atoms with van der Waals surface area (Å²) in [4.78, 5) is 35.2. The second-order valence-corrected chi connectivity index (χ2v) is 3.88. The first kappa shape index (κ1) is 13.7. The Bertz CT molecular complexity index is 768. The molecule has 0 saturated carbocycles. The van der Waals surface area contributed by atoms with Gasteiger partial charge in [0, 0.05) is 11.5 Å². The maximum atomic E-state index is 13.5. The molecular weight excluding hydrogens is 271 g/mol. The Hall–Kier alpha value is -2.77. The third-order valence-corrected chi connectivity index (χ3v) is 2.60. The number of rotatable bonds is 3. The summed E-state index contributed by atoms with van der Waals surface area (Å²) >= 11 is 0. The van der Waals surface area contributed by atoms with Gasteiger partial charge in [-0.3, -0.25) is 14.9 Å². The normalized spacial score (nSPS) is 10.5. The molecule has 0 spiro atoms. The number of H-pyrrole nitrogens is 1. The summed E-state index contributed by atoms with van der Waals surface area (Å²) in [6, 6.07) is 2.92. The van der Waals surface area contributed by atoms with Crippen LogP contribution in [0.3, 0.4) is 0 Å². The number of carbonyl (C=O) groups excluding carboxylic acids is 1. The van der Waals surface area contributed by atoms with Crippen LogP contribution in [0.15, 0.2) is 23.0 Å². The molecule has 0 aliphatic heterocycles. The molecule has 0 amide bonds. The maximum absolute atomic E-state index is 13.5. The minimum absolute atomic E-state index is 0.0659. The number of nitrogens with one attached hydrogen (secondary N) is 1. The topological polar surface area (TPSA) is 102 Å². The van der Waals surface area contributed by atoms with Crippen molar-refractivity contribution in [3.8, 4) is 0 Å². The second-order valence-electron chi connectivity index (χ2n) is 3.88. The van der Waals surface area contributed by atoms with Crippen molar-refractivity contribution in [2.24, 2.45) is 0 Å². The number of halogens is 1. The van der Waals surface area contributed by atoms with Gasteiger partial charge in [0.15, 0.2) is 0 Å². The molecule has 0 aliphatic carbocycles. The zero-order valence-corrected chi connectivity index (χ0v) is 10.3. The molecule has 2 aromatic rings. The highest BCUT2D eigenvalue weighted by molar-refractivity contribution is 5.94. The summed E-state index contributed by atoms with van der Waals surface area (Å²) in [6.45, 7) is 1.67. The largest absolute Gasteiger partial charge is 0.462 e. The summed E-state index contributed by atoms with van der Waals surface area (Å²) in [5, 5.41) is 10.8. The van der Waals surface area contributed by atoms with Crippen LogP contribution in [0.4, 0.5) is 10.1 Å². The smallest absolute Gasteiger partial charge is 0.343 e. The number of aromatic amines is 1. The molecule has 1 N–H and O–H groups in total. The van der Waals surface area contributed by atoms with Gasteiger partial charge in [0.2, 0.25) is 5.82 Å². The van der Waals surface area contributed by atoms with E-state index in [2.05, 4.69) is 9.72 Å². The third kappa shape index (κ3) is 2.35. The zero-order valence-electron chi connectivity index (χ0n) is 10.3. The van der Waals surface area contributed by atoms with Crippen LogP contribution in [-0.2, 0) is 4.74 Å². The van der Waals surface area contributed by atoms with Gasteiger partial charge in [0.1, 0.15) is 5.56 Å². The van der Waals surface area contributed by atoms with Gasteiger partial charge < -0.3 is 9.72 Å². The fourth-order valence-electron chi connectivity index (χ4n) is 1.72. The molecule has 0 aliphatic rings. The SMILES string of the molecule is CCOC(=O)c1cc2cc(F)c([N+](=O)[O-])cc2[nH]c1=O. The molecule has 1 aromatic heterocycles. The van der Waals surface area contributed by atoms with E-state index in [-0.39, 0.29) is 23.1 Å². The number of fused-ring (bicyclic) bond motifs is 1. The number of nitrogens with zero attached hydrogens (tertiary/aromatic N) is 1. The van der Waals surface area contributed by atoms with Gasteiger partial charge in [-0.1, -0.05) is 0 Å². The fourth-order valence-corrected chi connectivity index (χ4v) is 1.72. The van der Waals surface area contributed by atoms with E-state index < -0.39 is 28.0 Å². The van der Waals surface area contributed by atoms with E-state index in [4.69, 9.17) is 0 Å². The predicted octanol–water partition coefficient (Wildman–Crippen LogP) is 1.75. The molecule has 20 heavy (non-hydrogen) atoms. The Kier molecular flexibility index (Phi) is 3.47. The van der Waals surface area contributed by atoms with E-state index in [0.29, 0.717) is 0 Å². The minimum Gasteiger partial charge on any atom is -0.462 e. The highest BCUT2D eigenvalue weighted by Gasteiger charge is 2.18. The molecule has 1 heterocycles. The molecule has 0 radical (unpaired) electrons. The van der Waals surface area contributed by atoms with Crippen molar-refractivity contribution < 1.29 is 18.8 Å². The molecular formula is C12H9FN2O5. The Morgan fingerprint density at radius 2 is 2.15 bits per heavy atom. The van der Waals surface area contributed by atoms with E-state index in [1.165, 1.54) is 0 Å². The monoisotopic (exact) mass is 280 g/mol. The van der Waals surface area contributed by atoms with Crippen LogP contribution >= 0.6 is 0 Å². The molecule has 1 aromatic carbocycles. The van der Waals surface area contributed by atoms with Crippen LogP contribution < -0.4 is 5.56 Å². The molecule has 0 saturated heterocycles. The number of esters is 1. The van der Waals surface area contributed by atoms with Gasteiger partial charge >= 0.3 is 11.7 Å². The predicted molar refractivity (Wildman–Crippen MR) is 67.1 cm³/mol. The molecule has 0 unspecified atom stereocenters. The lowest BCUT2D eigenvalue weighted by atomic mass is 10.1. The standard InChI is InChI=1S/C12H9FN2O5/c1-2-20-12(17)7-3-6-4-8(13)10(15(18)19)5-9(6)14-11(7)16/h3-5H,2H2,1H3,(H,14,16). The van der Waals surface area contributed by atoms with Crippen molar-refractivity contribution in [1.29, 1.82) is 0 Å². The van der Waals surface area contributed by atoms with Gasteiger partial charge in [0.25, 0.3) is 5.56 Å². The molecule has 0 bridgehead atoms. The van der Waals surface area contributed by atoms with Crippen LogP contribution in [0.1, 0.15) is 17.3 Å². The van der Waals surface area contributed by atoms with E-state index in [1.54, 1.807) is 6.92 Å². The van der Waals surface area contributed by atoms with Gasteiger partial charge in [0.05, 0.1) is 17.0 Å². The Balaban J connectivity index is 2.66. The molecule has 0 fully saturated rings. The van der Waals surface area contributed by atoms with Crippen LogP contribution in [0.2, 0.25) is 0 Å². The Morgan fingerprint density at radius 1 is 1.45 bits per heavy atom. The van der Waals surface area contributed by atoms with E-state index in [9.17, 15) is 24.1 Å². The van der Waals surface area contributed by atoms with Crippen LogP contribution in [0, 0.1) is 15.9 Å². The first-order valence-electron chi connectivity index (χ1n) is 5.62. The number of benzene rings is 1. The summed E-state index contributed by atoms with van der Waals surface area (Å²) in [6.07, 6.45) is 0.